The highest BCUT2D eigenvalue weighted by atomic mass is 32.1. The normalized spacial score (nSPS) is 11.9. The van der Waals surface area contributed by atoms with Gasteiger partial charge in [0.05, 0.1) is 0 Å². The Bertz CT molecular complexity index is 1100. The van der Waals surface area contributed by atoms with Gasteiger partial charge >= 0.3 is 12.3 Å². The molecule has 3 aromatic rings. The number of aliphatic carboxylic acids is 1. The molecule has 0 saturated carbocycles. The van der Waals surface area contributed by atoms with E-state index in [0.29, 0.717) is 30.0 Å². The lowest BCUT2D eigenvalue weighted by Crippen LogP contribution is -2.38. The summed E-state index contributed by atoms with van der Waals surface area (Å²) in [4.78, 5) is 15.7. The minimum Gasteiger partial charge on any atom is -0.478 e. The van der Waals surface area contributed by atoms with Crippen molar-refractivity contribution >= 4 is 17.5 Å². The Hall–Kier alpha value is -3.14. The summed E-state index contributed by atoms with van der Waals surface area (Å²) in [7, 11) is 0. The molecule has 0 atom stereocenters. The second-order valence-corrected chi connectivity index (χ2v) is 8.44. The van der Waals surface area contributed by atoms with Crippen molar-refractivity contribution in [2.45, 2.75) is 45.6 Å². The Morgan fingerprint density at radius 1 is 1.06 bits per heavy atom. The van der Waals surface area contributed by atoms with Crippen molar-refractivity contribution in [1.82, 2.24) is 9.36 Å². The van der Waals surface area contributed by atoms with Crippen molar-refractivity contribution in [3.05, 3.63) is 58.6 Å². The van der Waals surface area contributed by atoms with Gasteiger partial charge in [-0.05, 0) is 80.2 Å². The van der Waals surface area contributed by atoms with Crippen molar-refractivity contribution < 1.29 is 32.5 Å². The van der Waals surface area contributed by atoms with Gasteiger partial charge in [0.15, 0.2) is 11.4 Å². The van der Waals surface area contributed by atoms with E-state index in [-0.39, 0.29) is 5.75 Å². The Labute approximate surface area is 186 Å². The average Bonchev–Trinajstić information content (AvgIpc) is 3.16. The van der Waals surface area contributed by atoms with E-state index in [0.717, 1.165) is 16.1 Å². The van der Waals surface area contributed by atoms with Crippen LogP contribution in [0.3, 0.4) is 0 Å². The summed E-state index contributed by atoms with van der Waals surface area (Å²) >= 11 is 1.23. The molecular formula is C22H21F3N2O4S. The SMILES string of the molecule is Cc1cc(CCc2nc(-c3ccc(OC(F)(F)F)cc3)ns2)ccc1OC(C)(C)C(=O)O. The molecule has 0 aliphatic carbocycles. The second kappa shape index (κ2) is 9.15. The number of carbonyl (C=O) groups is 1. The van der Waals surface area contributed by atoms with E-state index in [1.54, 1.807) is 6.07 Å². The summed E-state index contributed by atoms with van der Waals surface area (Å²) in [6, 6.07) is 11.0. The van der Waals surface area contributed by atoms with Crippen molar-refractivity contribution in [1.29, 1.82) is 0 Å². The number of alkyl halides is 3. The quantitative estimate of drug-likeness (QED) is 0.476. The number of hydrogen-bond donors (Lipinski definition) is 1. The summed E-state index contributed by atoms with van der Waals surface area (Å²) in [6.45, 7) is 4.84. The van der Waals surface area contributed by atoms with Gasteiger partial charge in [-0.3, -0.25) is 0 Å². The van der Waals surface area contributed by atoms with E-state index in [9.17, 15) is 23.1 Å². The number of carboxylic acid groups (broad SMARTS) is 1. The topological polar surface area (TPSA) is 81.5 Å². The second-order valence-electron chi connectivity index (χ2n) is 7.60. The van der Waals surface area contributed by atoms with Crippen molar-refractivity contribution in [3.8, 4) is 22.9 Å². The standard InChI is InChI=1S/C22H21F3N2O4S/c1-13-12-14(4-10-17(13)31-21(2,3)20(28)29)5-11-18-26-19(27-32-18)15-6-8-16(9-7-15)30-22(23,24)25/h4,6-10,12H,5,11H2,1-3H3,(H,28,29). The number of ether oxygens (including phenoxy) is 2. The third-order valence-electron chi connectivity index (χ3n) is 4.56. The van der Waals surface area contributed by atoms with Crippen LogP contribution in [0.5, 0.6) is 11.5 Å². The first-order valence-electron chi connectivity index (χ1n) is 9.64. The predicted molar refractivity (Wildman–Crippen MR) is 113 cm³/mol. The van der Waals surface area contributed by atoms with Gasteiger partial charge < -0.3 is 14.6 Å². The number of carboxylic acids is 1. The number of nitrogens with zero attached hydrogens (tertiary/aromatic N) is 2. The minimum absolute atomic E-state index is 0.300. The van der Waals surface area contributed by atoms with Crippen LogP contribution in [0.25, 0.3) is 11.4 Å². The first-order valence-corrected chi connectivity index (χ1v) is 10.4. The minimum atomic E-state index is -4.73. The van der Waals surface area contributed by atoms with E-state index >= 15 is 0 Å². The Kier molecular flexibility index (Phi) is 6.73. The molecule has 0 aliphatic heterocycles. The van der Waals surface area contributed by atoms with Gasteiger partial charge in [-0.1, -0.05) is 12.1 Å². The molecule has 1 heterocycles. The number of halogens is 3. The van der Waals surface area contributed by atoms with Crippen LogP contribution in [0.15, 0.2) is 42.5 Å². The number of aryl methyl sites for hydroxylation is 3. The van der Waals surface area contributed by atoms with Crippen molar-refractivity contribution in [3.63, 3.8) is 0 Å². The number of benzene rings is 2. The molecule has 6 nitrogen and oxygen atoms in total. The van der Waals surface area contributed by atoms with E-state index in [1.807, 2.05) is 19.1 Å². The van der Waals surface area contributed by atoms with Gasteiger partial charge in [-0.25, -0.2) is 9.78 Å². The summed E-state index contributed by atoms with van der Waals surface area (Å²) in [6.07, 6.45) is -3.41. The fraction of sp³-hybridized carbons (Fsp3) is 0.318. The summed E-state index contributed by atoms with van der Waals surface area (Å²) < 4.78 is 50.6. The first kappa shape index (κ1) is 23.5. The fourth-order valence-electron chi connectivity index (χ4n) is 2.83. The van der Waals surface area contributed by atoms with Crippen molar-refractivity contribution in [2.75, 3.05) is 0 Å². The Morgan fingerprint density at radius 3 is 2.34 bits per heavy atom. The predicted octanol–water partition coefficient (Wildman–Crippen LogP) is 5.44. The monoisotopic (exact) mass is 466 g/mol. The molecule has 170 valence electrons. The summed E-state index contributed by atoms with van der Waals surface area (Å²) in [5.41, 5.74) is 1.14. The molecule has 1 aromatic heterocycles. The molecule has 0 saturated heterocycles. The highest BCUT2D eigenvalue weighted by Gasteiger charge is 2.31. The molecule has 0 fully saturated rings. The van der Waals surface area contributed by atoms with Crippen LogP contribution in [0.4, 0.5) is 13.2 Å². The molecular weight excluding hydrogens is 445 g/mol. The number of rotatable bonds is 8. The highest BCUT2D eigenvalue weighted by molar-refractivity contribution is 7.05. The molecule has 0 aliphatic rings. The van der Waals surface area contributed by atoms with Gasteiger partial charge in [0.2, 0.25) is 0 Å². The largest absolute Gasteiger partial charge is 0.573 e. The van der Waals surface area contributed by atoms with Gasteiger partial charge in [-0.2, -0.15) is 4.37 Å². The summed E-state index contributed by atoms with van der Waals surface area (Å²) in [5.74, 6) is -0.390. The molecule has 0 amide bonds. The fourth-order valence-corrected chi connectivity index (χ4v) is 3.49. The third kappa shape index (κ3) is 6.19. The average molecular weight is 466 g/mol. The maximum Gasteiger partial charge on any atom is 0.573 e. The summed E-state index contributed by atoms with van der Waals surface area (Å²) in [5, 5.41) is 10.0. The first-order chi connectivity index (χ1) is 14.9. The number of aromatic nitrogens is 2. The van der Waals surface area contributed by atoms with Gasteiger partial charge in [0.1, 0.15) is 16.5 Å². The van der Waals surface area contributed by atoms with Crippen LogP contribution >= 0.6 is 11.5 Å². The van der Waals surface area contributed by atoms with Crippen LogP contribution in [0.2, 0.25) is 0 Å². The zero-order valence-corrected chi connectivity index (χ0v) is 18.4. The van der Waals surface area contributed by atoms with Crippen LogP contribution < -0.4 is 9.47 Å². The van der Waals surface area contributed by atoms with Crippen LogP contribution in [-0.2, 0) is 17.6 Å². The van der Waals surface area contributed by atoms with E-state index in [1.165, 1.54) is 49.6 Å². The van der Waals surface area contributed by atoms with Gasteiger partial charge in [0, 0.05) is 12.0 Å². The molecule has 0 unspecified atom stereocenters. The van der Waals surface area contributed by atoms with Gasteiger partial charge in [-0.15, -0.1) is 13.2 Å². The lowest BCUT2D eigenvalue weighted by molar-refractivity contribution is -0.274. The van der Waals surface area contributed by atoms with Crippen LogP contribution in [-0.4, -0.2) is 32.4 Å². The molecule has 32 heavy (non-hydrogen) atoms. The molecule has 2 aromatic carbocycles. The maximum atomic E-state index is 12.3. The molecule has 0 radical (unpaired) electrons. The molecule has 3 rings (SSSR count). The van der Waals surface area contributed by atoms with E-state index in [4.69, 9.17) is 4.74 Å². The molecule has 0 spiro atoms. The maximum absolute atomic E-state index is 12.3. The number of hydrogen-bond acceptors (Lipinski definition) is 6. The van der Waals surface area contributed by atoms with Crippen LogP contribution in [0.1, 0.15) is 30.0 Å². The van der Waals surface area contributed by atoms with E-state index < -0.39 is 17.9 Å². The van der Waals surface area contributed by atoms with Crippen molar-refractivity contribution in [2.24, 2.45) is 0 Å². The zero-order valence-electron chi connectivity index (χ0n) is 17.6. The van der Waals surface area contributed by atoms with Gasteiger partial charge in [0.25, 0.3) is 0 Å². The molecule has 0 bridgehead atoms. The lowest BCUT2D eigenvalue weighted by Gasteiger charge is -2.23. The lowest BCUT2D eigenvalue weighted by atomic mass is 10.1. The molecule has 1 N–H and O–H groups in total. The highest BCUT2D eigenvalue weighted by Crippen LogP contribution is 2.27. The Balaban J connectivity index is 1.62. The zero-order chi connectivity index (χ0) is 23.5. The van der Waals surface area contributed by atoms with Crippen LogP contribution in [0, 0.1) is 6.92 Å². The third-order valence-corrected chi connectivity index (χ3v) is 5.33. The molecule has 10 heteroatoms. The Morgan fingerprint density at radius 2 is 1.75 bits per heavy atom. The van der Waals surface area contributed by atoms with E-state index in [2.05, 4.69) is 14.1 Å². The smallest absolute Gasteiger partial charge is 0.478 e.